The molecule has 0 aliphatic rings. The van der Waals surface area contributed by atoms with Crippen LogP contribution in [0.1, 0.15) is 291 Å². The largest absolute Gasteiger partial charge is 0.466 e. The molecule has 0 saturated heterocycles. The minimum Gasteiger partial charge on any atom is -0.466 e. The van der Waals surface area contributed by atoms with Crippen LogP contribution in [0.15, 0.2) is 0 Å². The minimum absolute atomic E-state index is 0.00123. The van der Waals surface area contributed by atoms with Crippen LogP contribution in [0.4, 0.5) is 0 Å². The molecule has 0 N–H and O–H groups in total. The number of esters is 2. The Morgan fingerprint density at radius 2 is 0.582 bits per heavy atom. The summed E-state index contributed by atoms with van der Waals surface area (Å²) in [4.78, 5) is 28.2. The van der Waals surface area contributed by atoms with E-state index < -0.39 is 0 Å². The van der Waals surface area contributed by atoms with E-state index in [1.165, 1.54) is 216 Å². The molecular formula is C58H115NO4S4. The smallest absolute Gasteiger partial charge is 0.305 e. The molecular weight excluding hydrogens is 903 g/mol. The summed E-state index contributed by atoms with van der Waals surface area (Å²) in [6.45, 7) is 15.9. The normalized spacial score (nSPS) is 11.8. The SMILES string of the molecule is CCCCCCCCCSC(CCC(=O)OCCCCCN(CCCC)CCCCCOC(=O)CCC(SCCCCCCCCC)SCCCCCCCCC)SCCCCCCCCC. The van der Waals surface area contributed by atoms with Gasteiger partial charge < -0.3 is 14.4 Å². The van der Waals surface area contributed by atoms with E-state index in [1.807, 2.05) is 0 Å². The molecule has 0 atom stereocenters. The van der Waals surface area contributed by atoms with Gasteiger partial charge in [0.15, 0.2) is 0 Å². The van der Waals surface area contributed by atoms with Crippen molar-refractivity contribution in [2.75, 3.05) is 55.9 Å². The van der Waals surface area contributed by atoms with Crippen LogP contribution in [0.3, 0.4) is 0 Å². The first-order valence-electron chi connectivity index (χ1n) is 29.5. The first kappa shape index (κ1) is 67.3. The highest BCUT2D eigenvalue weighted by atomic mass is 32.2. The Balaban J connectivity index is 4.41. The Hall–Kier alpha value is 0.300. The standard InChI is InChI=1S/C58H115NO4S4/c1-6-11-16-20-24-28-38-51-64-57(65-52-39-29-25-21-17-12-7-2)44-42-55(60)62-49-36-32-34-47-59(46-15-10-5)48-35-33-37-50-63-56(61)43-45-58(66-53-40-30-26-22-18-13-8-3)67-54-41-31-27-23-19-14-9-4/h57-58H,6-54H2,1-5H3. The molecule has 0 amide bonds. The van der Waals surface area contributed by atoms with Gasteiger partial charge >= 0.3 is 11.9 Å². The van der Waals surface area contributed by atoms with Crippen molar-refractivity contribution in [3.63, 3.8) is 0 Å². The number of carbonyl (C=O) groups excluding carboxylic acids is 2. The highest BCUT2D eigenvalue weighted by Crippen LogP contribution is 2.32. The quantitative estimate of drug-likeness (QED) is 0.0337. The van der Waals surface area contributed by atoms with E-state index in [0.717, 1.165) is 71.0 Å². The predicted octanol–water partition coefficient (Wildman–Crippen LogP) is 19.7. The number of ether oxygens (including phenoxy) is 2. The summed E-state index contributed by atoms with van der Waals surface area (Å²) in [7, 11) is 0. The van der Waals surface area contributed by atoms with Crippen molar-refractivity contribution in [1.29, 1.82) is 0 Å². The Kier molecular flexibility index (Phi) is 57.5. The molecule has 0 bridgehead atoms. The molecule has 5 nitrogen and oxygen atoms in total. The number of thioether (sulfide) groups is 4. The molecule has 0 aromatic rings. The number of unbranched alkanes of at least 4 members (excludes halogenated alkanes) is 29. The fourth-order valence-corrected chi connectivity index (χ4v) is 14.1. The Bertz CT molecular complexity index is 880. The lowest BCUT2D eigenvalue weighted by Gasteiger charge is -2.22. The number of carbonyl (C=O) groups is 2. The fraction of sp³-hybridized carbons (Fsp3) is 0.966. The maximum absolute atomic E-state index is 12.8. The molecule has 0 radical (unpaired) electrons. The molecule has 400 valence electrons. The second-order valence-corrected chi connectivity index (χ2v) is 25.5. The molecule has 67 heavy (non-hydrogen) atoms. The van der Waals surface area contributed by atoms with Crippen molar-refractivity contribution in [2.45, 2.75) is 301 Å². The second kappa shape index (κ2) is 57.2. The molecule has 0 aliphatic heterocycles. The zero-order chi connectivity index (χ0) is 48.8. The first-order chi connectivity index (χ1) is 33.0. The molecule has 0 heterocycles. The van der Waals surface area contributed by atoms with Crippen LogP contribution in [0.5, 0.6) is 0 Å². The summed E-state index contributed by atoms with van der Waals surface area (Å²) in [6.07, 6.45) is 49.9. The van der Waals surface area contributed by atoms with Crippen LogP contribution >= 0.6 is 47.0 Å². The van der Waals surface area contributed by atoms with Crippen LogP contribution in [-0.2, 0) is 19.1 Å². The van der Waals surface area contributed by atoms with E-state index in [2.05, 4.69) is 86.6 Å². The summed E-state index contributed by atoms with van der Waals surface area (Å²) < 4.78 is 12.5. The third-order valence-electron chi connectivity index (χ3n) is 13.0. The van der Waals surface area contributed by atoms with Crippen LogP contribution in [0.2, 0.25) is 0 Å². The van der Waals surface area contributed by atoms with E-state index in [4.69, 9.17) is 9.47 Å². The maximum atomic E-state index is 12.8. The molecule has 0 spiro atoms. The van der Waals surface area contributed by atoms with E-state index >= 15 is 0 Å². The zero-order valence-corrected chi connectivity index (χ0v) is 48.8. The third-order valence-corrected chi connectivity index (χ3v) is 19.1. The Labute approximate surface area is 436 Å². The first-order valence-corrected chi connectivity index (χ1v) is 33.7. The van der Waals surface area contributed by atoms with E-state index in [9.17, 15) is 9.59 Å². The lowest BCUT2D eigenvalue weighted by molar-refractivity contribution is -0.144. The number of hydrogen-bond donors (Lipinski definition) is 0. The monoisotopic (exact) mass is 1020 g/mol. The summed E-state index contributed by atoms with van der Waals surface area (Å²) >= 11 is 8.40. The lowest BCUT2D eigenvalue weighted by Crippen LogP contribution is -2.27. The van der Waals surface area contributed by atoms with Gasteiger partial charge in [-0.3, -0.25) is 9.59 Å². The summed E-state index contributed by atoms with van der Waals surface area (Å²) in [5, 5.41) is 0. The van der Waals surface area contributed by atoms with E-state index in [1.54, 1.807) is 0 Å². The lowest BCUT2D eigenvalue weighted by atomic mass is 10.1. The maximum Gasteiger partial charge on any atom is 0.305 e. The minimum atomic E-state index is -0.00123. The van der Waals surface area contributed by atoms with Crippen LogP contribution in [0, 0.1) is 0 Å². The molecule has 0 rings (SSSR count). The topological polar surface area (TPSA) is 55.8 Å². The average molecular weight is 1020 g/mol. The third kappa shape index (κ3) is 52.4. The number of hydrogen-bond acceptors (Lipinski definition) is 9. The van der Waals surface area contributed by atoms with Gasteiger partial charge in [-0.1, -0.05) is 195 Å². The number of rotatable bonds is 57. The molecule has 0 unspecified atom stereocenters. The second-order valence-electron chi connectivity index (χ2n) is 19.7. The molecule has 0 aromatic heterocycles. The highest BCUT2D eigenvalue weighted by Gasteiger charge is 2.15. The fourth-order valence-electron chi connectivity index (χ4n) is 8.46. The molecule has 0 fully saturated rings. The van der Waals surface area contributed by atoms with Crippen molar-refractivity contribution in [3.05, 3.63) is 0 Å². The van der Waals surface area contributed by atoms with Gasteiger partial charge in [-0.05, 0) is 126 Å². The van der Waals surface area contributed by atoms with Gasteiger partial charge in [-0.2, -0.15) is 0 Å². The Morgan fingerprint density at radius 1 is 0.328 bits per heavy atom. The van der Waals surface area contributed by atoms with E-state index in [-0.39, 0.29) is 11.9 Å². The van der Waals surface area contributed by atoms with Crippen LogP contribution < -0.4 is 0 Å². The van der Waals surface area contributed by atoms with Gasteiger partial charge in [0.2, 0.25) is 0 Å². The van der Waals surface area contributed by atoms with Crippen molar-refractivity contribution >= 4 is 59.0 Å². The van der Waals surface area contributed by atoms with Gasteiger partial charge in [0, 0.05) is 12.8 Å². The van der Waals surface area contributed by atoms with Crippen molar-refractivity contribution in [3.8, 4) is 0 Å². The Morgan fingerprint density at radius 3 is 0.881 bits per heavy atom. The van der Waals surface area contributed by atoms with Gasteiger partial charge in [-0.15, -0.1) is 47.0 Å². The van der Waals surface area contributed by atoms with Crippen LogP contribution in [-0.4, -0.2) is 81.9 Å². The highest BCUT2D eigenvalue weighted by molar-refractivity contribution is 8.17. The van der Waals surface area contributed by atoms with Gasteiger partial charge in [-0.25, -0.2) is 0 Å². The van der Waals surface area contributed by atoms with Crippen LogP contribution in [0.25, 0.3) is 0 Å². The molecule has 0 saturated carbocycles. The van der Waals surface area contributed by atoms with Gasteiger partial charge in [0.25, 0.3) is 0 Å². The molecule has 0 aromatic carbocycles. The summed E-state index contributed by atoms with van der Waals surface area (Å²) in [5.41, 5.74) is 0. The van der Waals surface area contributed by atoms with Crippen molar-refractivity contribution in [2.24, 2.45) is 0 Å². The summed E-state index contributed by atoms with van der Waals surface area (Å²) in [6, 6.07) is 0. The van der Waals surface area contributed by atoms with Gasteiger partial charge in [0.05, 0.1) is 22.4 Å². The average Bonchev–Trinajstić information content (AvgIpc) is 3.33. The van der Waals surface area contributed by atoms with Gasteiger partial charge in [0.1, 0.15) is 0 Å². The van der Waals surface area contributed by atoms with Crippen molar-refractivity contribution in [1.82, 2.24) is 4.90 Å². The zero-order valence-electron chi connectivity index (χ0n) is 45.5. The molecule has 9 heteroatoms. The van der Waals surface area contributed by atoms with E-state index in [0.29, 0.717) is 35.2 Å². The summed E-state index contributed by atoms with van der Waals surface area (Å²) in [5.74, 6) is 4.89. The number of nitrogens with zero attached hydrogens (tertiary/aromatic N) is 1. The molecule has 0 aliphatic carbocycles. The predicted molar refractivity (Wildman–Crippen MR) is 309 cm³/mol. The van der Waals surface area contributed by atoms with Crippen molar-refractivity contribution < 1.29 is 19.1 Å².